The number of allylic oxidation sites excluding steroid dienone is 3. The lowest BCUT2D eigenvalue weighted by Gasteiger charge is -2.51. The standard InChI is InChI=1S/3C8H15NO.C6H14O4PS2/c3*1-8(2)7-9-3-5-10-6-4-9;1-5(2)9-13(10-6(3)4)11(7,8)12/h3*7H,3-6H2,1-2H3;5-6H,1-4H3/q;;;-3/p+3. The Labute approximate surface area is 270 Å². The van der Waals surface area contributed by atoms with Gasteiger partial charge in [-0.2, -0.15) is 0 Å². The number of rotatable bonds is 7. The minimum Gasteiger partial charge on any atom is -0.851 e. The van der Waals surface area contributed by atoms with Gasteiger partial charge < -0.3 is 65.0 Å². The van der Waals surface area contributed by atoms with Gasteiger partial charge in [-0.1, -0.05) is 0 Å². The molecule has 10 nitrogen and oxygen atoms in total. The van der Waals surface area contributed by atoms with Crippen LogP contribution in [0.25, 0.3) is 0 Å². The van der Waals surface area contributed by atoms with Gasteiger partial charge in [-0.3, -0.25) is 0 Å². The second-order valence-electron chi connectivity index (χ2n) is 11.9. The van der Waals surface area contributed by atoms with Crippen molar-refractivity contribution >= 4 is 28.6 Å². The van der Waals surface area contributed by atoms with Crippen molar-refractivity contribution in [1.29, 1.82) is 0 Å². The molecule has 256 valence electrons. The summed E-state index contributed by atoms with van der Waals surface area (Å²) >= 11 is 4.31. The highest BCUT2D eigenvalue weighted by molar-refractivity contribution is 8.55. The topological polar surface area (TPSA) is 106 Å². The van der Waals surface area contributed by atoms with Crippen LogP contribution < -0.4 is 24.5 Å². The summed E-state index contributed by atoms with van der Waals surface area (Å²) in [4.78, 5) is 26.7. The predicted octanol–water partition coefficient (Wildman–Crippen LogP) is -0.295. The molecule has 0 aliphatic carbocycles. The van der Waals surface area contributed by atoms with Crippen LogP contribution in [0.1, 0.15) is 69.2 Å². The third-order valence-corrected chi connectivity index (χ3v) is 9.79. The molecule has 3 rings (SSSR count). The van der Waals surface area contributed by atoms with E-state index in [1.807, 2.05) is 0 Å². The first-order valence-corrected chi connectivity index (χ1v) is 19.7. The van der Waals surface area contributed by atoms with Crippen LogP contribution in [0, 0.1) is 0 Å². The van der Waals surface area contributed by atoms with Gasteiger partial charge in [0.25, 0.3) is 0 Å². The van der Waals surface area contributed by atoms with E-state index in [1.54, 1.807) is 42.4 Å². The fourth-order valence-electron chi connectivity index (χ4n) is 4.02. The molecule has 3 aliphatic rings. The lowest BCUT2D eigenvalue weighted by molar-refractivity contribution is -0.856. The van der Waals surface area contributed by atoms with E-state index in [-0.39, 0.29) is 12.2 Å². The molecule has 3 N–H and O–H groups in total. The minimum atomic E-state index is -3.97. The van der Waals surface area contributed by atoms with Crippen molar-refractivity contribution in [2.24, 2.45) is 0 Å². The normalized spacial score (nSPS) is 18.4. The van der Waals surface area contributed by atoms with Crippen molar-refractivity contribution in [1.82, 2.24) is 0 Å². The Morgan fingerprint density at radius 2 is 0.837 bits per heavy atom. The van der Waals surface area contributed by atoms with Crippen LogP contribution in [-0.2, 0) is 45.5 Å². The molecule has 3 saturated heterocycles. The lowest BCUT2D eigenvalue weighted by atomic mass is 10.3. The van der Waals surface area contributed by atoms with Gasteiger partial charge in [0.2, 0.25) is 0 Å². The number of morpholine rings is 3. The summed E-state index contributed by atoms with van der Waals surface area (Å²) in [6.45, 7) is 32.0. The van der Waals surface area contributed by atoms with Gasteiger partial charge >= 0.3 is 0 Å². The van der Waals surface area contributed by atoms with Crippen LogP contribution in [0.4, 0.5) is 0 Å². The number of hydrogen-bond acceptors (Lipinski definition) is 8. The summed E-state index contributed by atoms with van der Waals surface area (Å²) in [7, 11) is -1.59. The van der Waals surface area contributed by atoms with E-state index < -0.39 is 16.3 Å². The van der Waals surface area contributed by atoms with Crippen LogP contribution in [0.2, 0.25) is 0 Å². The van der Waals surface area contributed by atoms with Crippen LogP contribution in [0.5, 0.6) is 0 Å². The van der Waals surface area contributed by atoms with E-state index in [1.165, 1.54) is 16.7 Å². The van der Waals surface area contributed by atoms with Crippen molar-refractivity contribution in [2.45, 2.75) is 81.4 Å². The van der Waals surface area contributed by atoms with E-state index in [0.717, 1.165) is 78.9 Å². The van der Waals surface area contributed by atoms with Crippen molar-refractivity contribution in [3.63, 3.8) is 0 Å². The molecular formula is C30H62N3O7PS2. The Kier molecular flexibility index (Phi) is 25.1. The van der Waals surface area contributed by atoms with Gasteiger partial charge in [0.1, 0.15) is 39.3 Å². The molecule has 3 heterocycles. The van der Waals surface area contributed by atoms with Gasteiger partial charge in [-0.15, -0.1) is 0 Å². The summed E-state index contributed by atoms with van der Waals surface area (Å²) in [5, 5.41) is 0. The second kappa shape index (κ2) is 25.1. The van der Waals surface area contributed by atoms with Crippen molar-refractivity contribution < 1.29 is 47.1 Å². The molecule has 0 unspecified atom stereocenters. The molecule has 0 radical (unpaired) electrons. The number of hydrogen-bond donors (Lipinski definition) is 3. The molecule has 0 spiro atoms. The quantitative estimate of drug-likeness (QED) is 0.251. The SMILES string of the molecule is CC(C)=C[NH+]1CCOCC1.CC(C)=C[NH+]1CCOCC1.CC(C)=C[NH+]1CCOCC1.CC(C)OS(OC(C)C)=P([O-])([O-])[S-]. The Morgan fingerprint density at radius 3 is 1.00 bits per heavy atom. The smallest absolute Gasteiger partial charge is 0.105 e. The Balaban J connectivity index is 0.000000550. The van der Waals surface area contributed by atoms with E-state index >= 15 is 0 Å². The minimum absolute atomic E-state index is 0.215. The Bertz CT molecular complexity index is 769. The van der Waals surface area contributed by atoms with Crippen molar-refractivity contribution in [2.75, 3.05) is 78.9 Å². The zero-order valence-corrected chi connectivity index (χ0v) is 31.0. The van der Waals surface area contributed by atoms with Crippen LogP contribution in [-0.4, -0.2) is 91.1 Å². The highest BCUT2D eigenvalue weighted by Gasteiger charge is 2.11. The second-order valence-corrected chi connectivity index (χ2v) is 18.1. The molecule has 0 amide bonds. The highest BCUT2D eigenvalue weighted by Crippen LogP contribution is 2.31. The fourth-order valence-corrected chi connectivity index (χ4v) is 7.23. The van der Waals surface area contributed by atoms with Gasteiger partial charge in [0.05, 0.1) is 70.4 Å². The monoisotopic (exact) mass is 671 g/mol. The first-order valence-electron chi connectivity index (χ1n) is 15.4. The number of ether oxygens (including phenoxy) is 3. The molecule has 0 bridgehead atoms. The van der Waals surface area contributed by atoms with E-state index in [2.05, 4.69) is 72.4 Å². The Hall–Kier alpha value is -0.0500. The zero-order chi connectivity index (χ0) is 32.8. The summed E-state index contributed by atoms with van der Waals surface area (Å²) in [5.74, 6) is 0. The molecular weight excluding hydrogens is 609 g/mol. The maximum atomic E-state index is 11.0. The van der Waals surface area contributed by atoms with Crippen molar-refractivity contribution in [3.05, 3.63) is 35.3 Å². The van der Waals surface area contributed by atoms with Crippen LogP contribution in [0.3, 0.4) is 0 Å². The van der Waals surface area contributed by atoms with Crippen LogP contribution in [0.15, 0.2) is 35.3 Å². The van der Waals surface area contributed by atoms with Gasteiger partial charge in [-0.05, 0) is 86.0 Å². The maximum absolute atomic E-state index is 11.0. The first kappa shape index (κ1) is 43.0. The van der Waals surface area contributed by atoms with Gasteiger partial charge in [0.15, 0.2) is 0 Å². The largest absolute Gasteiger partial charge is 0.851 e. The first-order chi connectivity index (χ1) is 20.1. The third-order valence-electron chi connectivity index (χ3n) is 5.62. The number of nitrogens with one attached hydrogen (secondary N) is 3. The summed E-state index contributed by atoms with van der Waals surface area (Å²) in [6, 6.07) is 0. The molecule has 0 atom stereocenters. The van der Waals surface area contributed by atoms with E-state index in [0.29, 0.717) is 0 Å². The lowest BCUT2D eigenvalue weighted by Crippen LogP contribution is -3.09. The molecule has 0 aromatic rings. The molecule has 43 heavy (non-hydrogen) atoms. The molecule has 3 fully saturated rings. The summed E-state index contributed by atoms with van der Waals surface area (Å²) < 4.78 is 25.8. The van der Waals surface area contributed by atoms with Crippen molar-refractivity contribution in [3.8, 4) is 0 Å². The summed E-state index contributed by atoms with van der Waals surface area (Å²) in [5.41, 5.74) is 0.233. The Morgan fingerprint density at radius 1 is 0.605 bits per heavy atom. The van der Waals surface area contributed by atoms with E-state index in [9.17, 15) is 9.79 Å². The predicted molar refractivity (Wildman–Crippen MR) is 177 cm³/mol. The average molecular weight is 672 g/mol. The van der Waals surface area contributed by atoms with Gasteiger partial charge in [0, 0.05) is 10.6 Å². The molecule has 0 saturated carbocycles. The molecule has 3 aliphatic heterocycles. The summed E-state index contributed by atoms with van der Waals surface area (Å²) in [6.07, 6.45) is 6.41. The molecule has 0 aromatic heterocycles. The third kappa shape index (κ3) is 26.8. The van der Waals surface area contributed by atoms with E-state index in [4.69, 9.17) is 22.6 Å². The van der Waals surface area contributed by atoms with Gasteiger partial charge in [-0.25, -0.2) is 0 Å². The molecule has 0 aromatic carbocycles. The van der Waals surface area contributed by atoms with Crippen LogP contribution >= 0.6 is 5.69 Å². The zero-order valence-electron chi connectivity index (χ0n) is 28.5. The molecule has 13 heteroatoms. The maximum Gasteiger partial charge on any atom is 0.105 e. The highest BCUT2D eigenvalue weighted by atomic mass is 32.9. The number of quaternary nitrogens is 3. The fraction of sp³-hybridized carbons (Fsp3) is 0.800. The average Bonchev–Trinajstić information content (AvgIpc) is 2.89.